The number of methoxy groups -OCH3 is 1. The predicted molar refractivity (Wildman–Crippen MR) is 98.2 cm³/mol. The van der Waals surface area contributed by atoms with Crippen LogP contribution in [0.2, 0.25) is 0 Å². The van der Waals surface area contributed by atoms with Crippen molar-refractivity contribution in [1.29, 1.82) is 0 Å². The third kappa shape index (κ3) is 5.47. The van der Waals surface area contributed by atoms with E-state index >= 15 is 0 Å². The third-order valence-electron chi connectivity index (χ3n) is 3.17. The van der Waals surface area contributed by atoms with Crippen molar-refractivity contribution in [3.8, 4) is 11.5 Å². The molecule has 2 aromatic rings. The highest BCUT2D eigenvalue weighted by molar-refractivity contribution is 7.80. The number of nitrogens with two attached hydrogens (primary N) is 1. The molecule has 0 saturated heterocycles. The summed E-state index contributed by atoms with van der Waals surface area (Å²) in [6.07, 6.45) is 1.55. The maximum atomic E-state index is 10.8. The molecule has 4 N–H and O–H groups in total. The normalized spacial score (nSPS) is 10.4. The van der Waals surface area contributed by atoms with Gasteiger partial charge in [0.25, 0.3) is 0 Å². The molecule has 0 unspecified atom stereocenters. The van der Waals surface area contributed by atoms with E-state index in [1.54, 1.807) is 36.5 Å². The van der Waals surface area contributed by atoms with Crippen LogP contribution in [0.25, 0.3) is 0 Å². The van der Waals surface area contributed by atoms with Crippen molar-refractivity contribution in [3.63, 3.8) is 0 Å². The summed E-state index contributed by atoms with van der Waals surface area (Å²) in [7, 11) is 1.54. The number of carboxylic acid groups (broad SMARTS) is 1. The van der Waals surface area contributed by atoms with Gasteiger partial charge in [0.1, 0.15) is 6.61 Å². The molecule has 0 spiro atoms. The number of rotatable bonds is 7. The maximum absolute atomic E-state index is 10.8. The zero-order valence-corrected chi connectivity index (χ0v) is 14.2. The monoisotopic (exact) mass is 359 g/mol. The second-order valence-corrected chi connectivity index (χ2v) is 5.38. The predicted octanol–water partition coefficient (Wildman–Crippen LogP) is 2.14. The molecule has 130 valence electrons. The molecule has 8 heteroatoms. The van der Waals surface area contributed by atoms with Gasteiger partial charge in [-0.05, 0) is 53.7 Å². The number of ether oxygens (including phenoxy) is 2. The van der Waals surface area contributed by atoms with Crippen LogP contribution >= 0.6 is 12.2 Å². The maximum Gasteiger partial charge on any atom is 0.335 e. The molecule has 25 heavy (non-hydrogen) atoms. The highest BCUT2D eigenvalue weighted by atomic mass is 32.1. The molecule has 0 amide bonds. The largest absolute Gasteiger partial charge is 0.493 e. The number of hydrazone groups is 1. The number of hydrogen-bond acceptors (Lipinski definition) is 5. The third-order valence-corrected chi connectivity index (χ3v) is 3.26. The van der Waals surface area contributed by atoms with Gasteiger partial charge in [0, 0.05) is 0 Å². The lowest BCUT2D eigenvalue weighted by Crippen LogP contribution is -2.23. The minimum Gasteiger partial charge on any atom is -0.493 e. The van der Waals surface area contributed by atoms with Crippen LogP contribution in [-0.4, -0.2) is 29.5 Å². The molecule has 2 aromatic carbocycles. The second-order valence-electron chi connectivity index (χ2n) is 4.94. The van der Waals surface area contributed by atoms with Crippen LogP contribution in [0.15, 0.2) is 47.6 Å². The lowest BCUT2D eigenvalue weighted by Gasteiger charge is -2.11. The van der Waals surface area contributed by atoms with Gasteiger partial charge < -0.3 is 20.3 Å². The molecule has 0 atom stereocenters. The summed E-state index contributed by atoms with van der Waals surface area (Å²) < 4.78 is 11.1. The van der Waals surface area contributed by atoms with Crippen LogP contribution in [0.1, 0.15) is 21.5 Å². The molecule has 0 heterocycles. The zero-order chi connectivity index (χ0) is 18.2. The van der Waals surface area contributed by atoms with Crippen molar-refractivity contribution >= 4 is 29.5 Å². The Labute approximate surface area is 150 Å². The van der Waals surface area contributed by atoms with Gasteiger partial charge in [0.2, 0.25) is 0 Å². The average Bonchev–Trinajstić information content (AvgIpc) is 2.60. The molecule has 0 radical (unpaired) electrons. The Balaban J connectivity index is 2.04. The minimum atomic E-state index is -0.962. The Morgan fingerprint density at radius 2 is 2.00 bits per heavy atom. The standard InChI is InChI=1S/C17H17N3O4S/c1-23-15-8-12(9-19-20-17(18)25)4-7-14(15)24-10-11-2-5-13(6-3-11)16(21)22/h2-9H,10H2,1H3,(H,21,22)(H3,18,20,25)/b19-9+. The Bertz CT molecular complexity index is 791. The molecular formula is C17H17N3O4S. The van der Waals surface area contributed by atoms with Crippen LogP contribution < -0.4 is 20.6 Å². The summed E-state index contributed by atoms with van der Waals surface area (Å²) in [6, 6.07) is 11.8. The van der Waals surface area contributed by atoms with E-state index < -0.39 is 5.97 Å². The topological polar surface area (TPSA) is 106 Å². The summed E-state index contributed by atoms with van der Waals surface area (Å²) in [5, 5.41) is 12.9. The smallest absolute Gasteiger partial charge is 0.335 e. The molecule has 0 aliphatic carbocycles. The first-order valence-electron chi connectivity index (χ1n) is 7.21. The summed E-state index contributed by atoms with van der Waals surface area (Å²) in [5.74, 6) is 0.141. The van der Waals surface area contributed by atoms with Crippen LogP contribution in [0.3, 0.4) is 0 Å². The van der Waals surface area contributed by atoms with E-state index in [-0.39, 0.29) is 17.3 Å². The molecule has 0 aromatic heterocycles. The summed E-state index contributed by atoms with van der Waals surface area (Å²) in [5.41, 5.74) is 9.61. The van der Waals surface area contributed by atoms with Gasteiger partial charge in [-0.2, -0.15) is 5.10 Å². The molecule has 0 aliphatic rings. The number of aromatic carboxylic acids is 1. The number of carboxylic acids is 1. The van der Waals surface area contributed by atoms with Gasteiger partial charge in [-0.1, -0.05) is 12.1 Å². The van der Waals surface area contributed by atoms with E-state index in [9.17, 15) is 4.79 Å². The first-order chi connectivity index (χ1) is 12.0. The van der Waals surface area contributed by atoms with Crippen molar-refractivity contribution in [2.24, 2.45) is 10.8 Å². The molecule has 2 rings (SSSR count). The highest BCUT2D eigenvalue weighted by Gasteiger charge is 2.07. The van der Waals surface area contributed by atoms with Crippen molar-refractivity contribution in [2.75, 3.05) is 7.11 Å². The van der Waals surface area contributed by atoms with E-state index in [2.05, 4.69) is 22.7 Å². The quantitative estimate of drug-likeness (QED) is 0.395. The van der Waals surface area contributed by atoms with Gasteiger partial charge >= 0.3 is 5.97 Å². The number of carbonyl (C=O) groups is 1. The minimum absolute atomic E-state index is 0.0806. The van der Waals surface area contributed by atoms with Gasteiger partial charge in [-0.3, -0.25) is 5.43 Å². The van der Waals surface area contributed by atoms with E-state index in [0.717, 1.165) is 11.1 Å². The number of benzene rings is 2. The van der Waals surface area contributed by atoms with Crippen LogP contribution in [0.4, 0.5) is 0 Å². The molecular weight excluding hydrogens is 342 g/mol. The summed E-state index contributed by atoms with van der Waals surface area (Å²) in [6.45, 7) is 0.284. The second kappa shape index (κ2) is 8.65. The molecule has 7 nitrogen and oxygen atoms in total. The fraction of sp³-hybridized carbons (Fsp3) is 0.118. The van der Waals surface area contributed by atoms with Gasteiger partial charge in [-0.25, -0.2) is 4.79 Å². The number of hydrogen-bond donors (Lipinski definition) is 3. The van der Waals surface area contributed by atoms with E-state index in [1.165, 1.54) is 19.2 Å². The Morgan fingerprint density at radius 3 is 2.60 bits per heavy atom. The summed E-state index contributed by atoms with van der Waals surface area (Å²) >= 11 is 4.66. The SMILES string of the molecule is COc1cc(/C=N/NC(N)=S)ccc1OCc1ccc(C(=O)O)cc1. The molecule has 0 fully saturated rings. The molecule has 0 aliphatic heterocycles. The molecule has 0 saturated carbocycles. The Hall–Kier alpha value is -3.13. The van der Waals surface area contributed by atoms with Crippen molar-refractivity contribution in [2.45, 2.75) is 6.61 Å². The van der Waals surface area contributed by atoms with Crippen molar-refractivity contribution in [3.05, 3.63) is 59.2 Å². The lowest BCUT2D eigenvalue weighted by atomic mass is 10.1. The fourth-order valence-corrected chi connectivity index (χ4v) is 2.01. The van der Waals surface area contributed by atoms with Gasteiger partial charge in [0.05, 0.1) is 18.9 Å². The first-order valence-corrected chi connectivity index (χ1v) is 7.62. The van der Waals surface area contributed by atoms with Crippen molar-refractivity contribution in [1.82, 2.24) is 5.43 Å². The Kier molecular flexibility index (Phi) is 6.30. The number of thiocarbonyl (C=S) groups is 1. The fourth-order valence-electron chi connectivity index (χ4n) is 1.96. The number of nitrogens with zero attached hydrogens (tertiary/aromatic N) is 1. The van der Waals surface area contributed by atoms with Crippen LogP contribution in [0.5, 0.6) is 11.5 Å². The number of nitrogens with one attached hydrogen (secondary N) is 1. The zero-order valence-electron chi connectivity index (χ0n) is 13.4. The first kappa shape index (κ1) is 18.2. The highest BCUT2D eigenvalue weighted by Crippen LogP contribution is 2.28. The van der Waals surface area contributed by atoms with E-state index in [4.69, 9.17) is 20.3 Å². The average molecular weight is 359 g/mol. The van der Waals surface area contributed by atoms with Crippen LogP contribution in [-0.2, 0) is 6.61 Å². The van der Waals surface area contributed by atoms with Crippen molar-refractivity contribution < 1.29 is 19.4 Å². The van der Waals surface area contributed by atoms with Gasteiger partial charge in [-0.15, -0.1) is 0 Å². The Morgan fingerprint density at radius 1 is 1.28 bits per heavy atom. The summed E-state index contributed by atoms with van der Waals surface area (Å²) in [4.78, 5) is 10.8. The van der Waals surface area contributed by atoms with E-state index in [1.807, 2.05) is 0 Å². The molecule has 0 bridgehead atoms. The van der Waals surface area contributed by atoms with E-state index in [0.29, 0.717) is 11.5 Å². The van der Waals surface area contributed by atoms with Gasteiger partial charge in [0.15, 0.2) is 16.6 Å². The van der Waals surface area contributed by atoms with Crippen LogP contribution in [0, 0.1) is 0 Å². The lowest BCUT2D eigenvalue weighted by molar-refractivity contribution is 0.0697.